The topological polar surface area (TPSA) is 61.8 Å². The molecule has 1 atom stereocenters. The third-order valence-electron chi connectivity index (χ3n) is 4.29. The number of nitrogens with two attached hydrogens (primary N) is 1. The predicted molar refractivity (Wildman–Crippen MR) is 86.0 cm³/mol. The van der Waals surface area contributed by atoms with Crippen LogP contribution in [0, 0.1) is 11.3 Å². The molecule has 1 aliphatic heterocycles. The lowest BCUT2D eigenvalue weighted by Gasteiger charge is -2.39. The Morgan fingerprint density at radius 2 is 2.00 bits per heavy atom. The van der Waals surface area contributed by atoms with E-state index in [4.69, 9.17) is 11.0 Å². The first kappa shape index (κ1) is 13.5. The molecule has 2 aromatic rings. The van der Waals surface area contributed by atoms with Crippen molar-refractivity contribution >= 4 is 11.4 Å². The number of hydrogen-bond acceptors (Lipinski definition) is 3. The number of nitrogens with one attached hydrogen (secondary N) is 1. The first-order valence-corrected chi connectivity index (χ1v) is 7.17. The van der Waals surface area contributed by atoms with Crippen molar-refractivity contribution in [2.24, 2.45) is 0 Å². The molecule has 0 saturated carbocycles. The zero-order chi connectivity index (χ0) is 15.0. The number of fused-ring (bicyclic) bond motifs is 1. The molecular weight excluding hydrogens is 258 g/mol. The number of anilines is 2. The summed E-state index contributed by atoms with van der Waals surface area (Å²) in [5.41, 5.74) is 11.1. The van der Waals surface area contributed by atoms with Gasteiger partial charge in [0.1, 0.15) is 0 Å². The average molecular weight is 277 g/mol. The lowest BCUT2D eigenvalue weighted by Crippen LogP contribution is -2.31. The number of para-hydroxylation sites is 1. The number of nitriles is 1. The molecule has 3 nitrogen and oxygen atoms in total. The normalized spacial score (nSPS) is 19.2. The van der Waals surface area contributed by atoms with E-state index in [1.165, 1.54) is 5.56 Å². The summed E-state index contributed by atoms with van der Waals surface area (Å²) in [6, 6.07) is 16.3. The van der Waals surface area contributed by atoms with Crippen LogP contribution in [0.2, 0.25) is 0 Å². The highest BCUT2D eigenvalue weighted by Crippen LogP contribution is 2.45. The lowest BCUT2D eigenvalue weighted by atomic mass is 9.73. The van der Waals surface area contributed by atoms with Crippen LogP contribution in [0.4, 0.5) is 11.4 Å². The summed E-state index contributed by atoms with van der Waals surface area (Å²) < 4.78 is 0. The summed E-state index contributed by atoms with van der Waals surface area (Å²) in [6.45, 7) is 4.44. The monoisotopic (exact) mass is 277 g/mol. The van der Waals surface area contributed by atoms with E-state index in [1.807, 2.05) is 36.4 Å². The van der Waals surface area contributed by atoms with Crippen molar-refractivity contribution in [3.05, 3.63) is 59.2 Å². The molecule has 1 heterocycles. The summed E-state index contributed by atoms with van der Waals surface area (Å²) in [4.78, 5) is 0. The standard InChI is InChI=1S/C18H19N3/c1-18(2)10-17(13-5-3-4-6-15(13)20)21-16-8-7-12(11-19)9-14(16)18/h3-9,17,21H,10,20H2,1-2H3. The van der Waals surface area contributed by atoms with E-state index in [2.05, 4.69) is 31.3 Å². The van der Waals surface area contributed by atoms with E-state index in [1.54, 1.807) is 0 Å². The van der Waals surface area contributed by atoms with Crippen molar-refractivity contribution in [3.8, 4) is 6.07 Å². The lowest BCUT2D eigenvalue weighted by molar-refractivity contribution is 0.428. The Hall–Kier alpha value is -2.47. The number of rotatable bonds is 1. The maximum atomic E-state index is 9.09. The molecular formula is C18H19N3. The predicted octanol–water partition coefficient (Wildman–Crippen LogP) is 3.97. The molecule has 0 aromatic heterocycles. The fourth-order valence-electron chi connectivity index (χ4n) is 3.17. The third kappa shape index (κ3) is 2.34. The van der Waals surface area contributed by atoms with Gasteiger partial charge in [0.25, 0.3) is 0 Å². The molecule has 0 amide bonds. The SMILES string of the molecule is CC1(C)CC(c2ccccc2N)Nc2ccc(C#N)cc21. The molecule has 3 N–H and O–H groups in total. The average Bonchev–Trinajstić information content (AvgIpc) is 2.46. The molecule has 106 valence electrons. The molecule has 0 radical (unpaired) electrons. The maximum Gasteiger partial charge on any atom is 0.0991 e. The van der Waals surface area contributed by atoms with Gasteiger partial charge in [-0.3, -0.25) is 0 Å². The first-order chi connectivity index (χ1) is 10.0. The second-order valence-electron chi connectivity index (χ2n) is 6.29. The number of nitrogens with zero attached hydrogens (tertiary/aromatic N) is 1. The second kappa shape index (κ2) is 4.82. The molecule has 1 unspecified atom stereocenters. The minimum Gasteiger partial charge on any atom is -0.398 e. The zero-order valence-electron chi connectivity index (χ0n) is 12.4. The van der Waals surface area contributed by atoms with E-state index in [9.17, 15) is 0 Å². The largest absolute Gasteiger partial charge is 0.398 e. The minimum atomic E-state index is 0.000388. The van der Waals surface area contributed by atoms with Crippen LogP contribution in [0.25, 0.3) is 0 Å². The van der Waals surface area contributed by atoms with Gasteiger partial charge in [-0.25, -0.2) is 0 Å². The molecule has 2 aromatic carbocycles. The van der Waals surface area contributed by atoms with Gasteiger partial charge in [-0.1, -0.05) is 32.0 Å². The quantitative estimate of drug-likeness (QED) is 0.775. The number of hydrogen-bond donors (Lipinski definition) is 2. The summed E-state index contributed by atoms with van der Waals surface area (Å²) in [7, 11) is 0. The van der Waals surface area contributed by atoms with E-state index in [0.717, 1.165) is 23.4 Å². The van der Waals surface area contributed by atoms with Crippen LogP contribution in [-0.4, -0.2) is 0 Å². The summed E-state index contributed by atoms with van der Waals surface area (Å²) in [5.74, 6) is 0. The van der Waals surface area contributed by atoms with E-state index >= 15 is 0 Å². The highest BCUT2D eigenvalue weighted by atomic mass is 14.9. The molecule has 3 heteroatoms. The van der Waals surface area contributed by atoms with Gasteiger partial charge in [0.05, 0.1) is 17.7 Å². The third-order valence-corrected chi connectivity index (χ3v) is 4.29. The fourth-order valence-corrected chi connectivity index (χ4v) is 3.17. The molecule has 21 heavy (non-hydrogen) atoms. The molecule has 1 aliphatic rings. The van der Waals surface area contributed by atoms with Crippen molar-refractivity contribution in [2.45, 2.75) is 31.7 Å². The Bertz CT molecular complexity index is 725. The zero-order valence-corrected chi connectivity index (χ0v) is 12.4. The first-order valence-electron chi connectivity index (χ1n) is 7.17. The van der Waals surface area contributed by atoms with Crippen LogP contribution in [0.3, 0.4) is 0 Å². The molecule has 0 fully saturated rings. The minimum absolute atomic E-state index is 0.000388. The van der Waals surface area contributed by atoms with Gasteiger partial charge in [0.2, 0.25) is 0 Å². The smallest absolute Gasteiger partial charge is 0.0991 e. The van der Waals surface area contributed by atoms with E-state index in [0.29, 0.717) is 5.56 Å². The Kier molecular flexibility index (Phi) is 3.10. The van der Waals surface area contributed by atoms with Gasteiger partial charge in [0.15, 0.2) is 0 Å². The summed E-state index contributed by atoms with van der Waals surface area (Å²) in [5, 5.41) is 12.7. The van der Waals surface area contributed by atoms with Crippen LogP contribution in [0.5, 0.6) is 0 Å². The molecule has 0 bridgehead atoms. The van der Waals surface area contributed by atoms with Gasteiger partial charge < -0.3 is 11.1 Å². The van der Waals surface area contributed by atoms with Crippen molar-refractivity contribution in [2.75, 3.05) is 11.1 Å². The molecule has 3 rings (SSSR count). The molecule has 0 aliphatic carbocycles. The number of benzene rings is 2. The Morgan fingerprint density at radius 3 is 2.71 bits per heavy atom. The van der Waals surface area contributed by atoms with Gasteiger partial charge in [0, 0.05) is 11.4 Å². The van der Waals surface area contributed by atoms with Crippen LogP contribution in [0.15, 0.2) is 42.5 Å². The highest BCUT2D eigenvalue weighted by Gasteiger charge is 2.34. The van der Waals surface area contributed by atoms with Crippen molar-refractivity contribution < 1.29 is 0 Å². The van der Waals surface area contributed by atoms with Crippen molar-refractivity contribution in [1.82, 2.24) is 0 Å². The fraction of sp³-hybridized carbons (Fsp3) is 0.278. The van der Waals surface area contributed by atoms with Crippen molar-refractivity contribution in [1.29, 1.82) is 5.26 Å². The van der Waals surface area contributed by atoms with Crippen LogP contribution >= 0.6 is 0 Å². The highest BCUT2D eigenvalue weighted by molar-refractivity contribution is 5.62. The van der Waals surface area contributed by atoms with Gasteiger partial charge in [-0.2, -0.15) is 5.26 Å². The summed E-state index contributed by atoms with van der Waals surface area (Å²) >= 11 is 0. The van der Waals surface area contributed by atoms with Crippen molar-refractivity contribution in [3.63, 3.8) is 0 Å². The van der Waals surface area contributed by atoms with Crippen LogP contribution in [-0.2, 0) is 5.41 Å². The number of nitrogen functional groups attached to an aromatic ring is 1. The van der Waals surface area contributed by atoms with E-state index in [-0.39, 0.29) is 11.5 Å². The maximum absolute atomic E-state index is 9.09. The van der Waals surface area contributed by atoms with E-state index < -0.39 is 0 Å². The Labute approximate surface area is 125 Å². The van der Waals surface area contributed by atoms with Crippen LogP contribution in [0.1, 0.15) is 43.0 Å². The Balaban J connectivity index is 2.05. The van der Waals surface area contributed by atoms with Gasteiger partial charge in [-0.15, -0.1) is 0 Å². The second-order valence-corrected chi connectivity index (χ2v) is 6.29. The molecule has 0 saturated heterocycles. The van der Waals surface area contributed by atoms with Gasteiger partial charge >= 0.3 is 0 Å². The van der Waals surface area contributed by atoms with Crippen LogP contribution < -0.4 is 11.1 Å². The molecule has 0 spiro atoms. The summed E-state index contributed by atoms with van der Waals surface area (Å²) in [6.07, 6.45) is 0.948. The van der Waals surface area contributed by atoms with Gasteiger partial charge in [-0.05, 0) is 47.2 Å². The Morgan fingerprint density at radius 1 is 1.24 bits per heavy atom.